The van der Waals surface area contributed by atoms with Gasteiger partial charge in [-0.25, -0.2) is 18.4 Å². The Hall–Kier alpha value is -2.18. The lowest BCUT2D eigenvalue weighted by atomic mass is 10.0. The molecule has 0 saturated carbocycles. The van der Waals surface area contributed by atoms with Crippen molar-refractivity contribution in [3.05, 3.63) is 29.8 Å². The second-order valence-electron chi connectivity index (χ2n) is 4.74. The van der Waals surface area contributed by atoms with Crippen molar-refractivity contribution >= 4 is 17.7 Å². The van der Waals surface area contributed by atoms with Crippen LogP contribution in [0.3, 0.4) is 0 Å². The van der Waals surface area contributed by atoms with Crippen LogP contribution < -0.4 is 10.6 Å². The lowest BCUT2D eigenvalue weighted by molar-refractivity contribution is -0.139. The highest BCUT2D eigenvalue weighted by Gasteiger charge is 2.21. The van der Waals surface area contributed by atoms with Gasteiger partial charge in [0.2, 0.25) is 0 Å². The highest BCUT2D eigenvalue weighted by Crippen LogP contribution is 2.15. The van der Waals surface area contributed by atoms with Gasteiger partial charge in [0.1, 0.15) is 17.7 Å². The van der Waals surface area contributed by atoms with E-state index in [9.17, 15) is 18.4 Å². The van der Waals surface area contributed by atoms with Crippen LogP contribution in [0.1, 0.15) is 20.3 Å². The first-order chi connectivity index (χ1) is 9.29. The molecule has 0 fully saturated rings. The van der Waals surface area contributed by atoms with Crippen LogP contribution in [-0.4, -0.2) is 23.1 Å². The number of carbonyl (C=O) groups is 2. The number of aliphatic carboxylic acids is 1. The molecule has 0 saturated heterocycles. The molecule has 1 rings (SSSR count). The largest absolute Gasteiger partial charge is 0.480 e. The van der Waals surface area contributed by atoms with Crippen molar-refractivity contribution in [3.8, 4) is 0 Å². The standard InChI is InChI=1S/C13H16F2N2O3/c1-7(2)5-11(12(18)19)17-13(20)16-10-6-8(14)3-4-9(10)15/h3-4,6-7,11H,5H2,1-2H3,(H,18,19)(H2,16,17,20). The molecule has 5 nitrogen and oxygen atoms in total. The Kier molecular flexibility index (Phi) is 5.42. The average Bonchev–Trinajstić information content (AvgIpc) is 2.32. The van der Waals surface area contributed by atoms with Gasteiger partial charge in [-0.15, -0.1) is 0 Å². The number of amides is 2. The first-order valence-electron chi connectivity index (χ1n) is 6.05. The number of hydrogen-bond donors (Lipinski definition) is 3. The monoisotopic (exact) mass is 286 g/mol. The second kappa shape index (κ2) is 6.83. The third-order valence-electron chi connectivity index (χ3n) is 2.49. The summed E-state index contributed by atoms with van der Waals surface area (Å²) in [6, 6.07) is 0.604. The first kappa shape index (κ1) is 15.9. The van der Waals surface area contributed by atoms with Crippen molar-refractivity contribution in [1.29, 1.82) is 0 Å². The molecule has 3 N–H and O–H groups in total. The quantitative estimate of drug-likeness (QED) is 0.778. The summed E-state index contributed by atoms with van der Waals surface area (Å²) in [5.74, 6) is -2.65. The third kappa shape index (κ3) is 4.83. The first-order valence-corrected chi connectivity index (χ1v) is 6.05. The lowest BCUT2D eigenvalue weighted by Crippen LogP contribution is -2.43. The summed E-state index contributed by atoms with van der Waals surface area (Å²) >= 11 is 0. The van der Waals surface area contributed by atoms with Crippen LogP contribution in [0.25, 0.3) is 0 Å². The van der Waals surface area contributed by atoms with Crippen LogP contribution in [0.2, 0.25) is 0 Å². The van der Waals surface area contributed by atoms with Gasteiger partial charge in [-0.3, -0.25) is 0 Å². The van der Waals surface area contributed by atoms with Crippen LogP contribution in [0.4, 0.5) is 19.3 Å². The summed E-state index contributed by atoms with van der Waals surface area (Å²) in [5, 5.41) is 13.2. The molecule has 20 heavy (non-hydrogen) atoms. The summed E-state index contributed by atoms with van der Waals surface area (Å²) in [6.45, 7) is 3.61. The molecule has 0 heterocycles. The Bertz CT molecular complexity index is 506. The molecule has 0 radical (unpaired) electrons. The third-order valence-corrected chi connectivity index (χ3v) is 2.49. The minimum Gasteiger partial charge on any atom is -0.480 e. The number of urea groups is 1. The maximum absolute atomic E-state index is 13.3. The number of benzene rings is 1. The van der Waals surface area contributed by atoms with E-state index in [2.05, 4.69) is 10.6 Å². The Labute approximate surface area is 115 Å². The lowest BCUT2D eigenvalue weighted by Gasteiger charge is -2.17. The van der Waals surface area contributed by atoms with Gasteiger partial charge in [0.25, 0.3) is 0 Å². The van der Waals surface area contributed by atoms with Gasteiger partial charge in [0, 0.05) is 6.07 Å². The summed E-state index contributed by atoms with van der Waals surface area (Å²) in [7, 11) is 0. The Morgan fingerprint density at radius 2 is 1.95 bits per heavy atom. The van der Waals surface area contributed by atoms with E-state index < -0.39 is 29.7 Å². The second-order valence-corrected chi connectivity index (χ2v) is 4.74. The van der Waals surface area contributed by atoms with Gasteiger partial charge < -0.3 is 15.7 Å². The molecule has 1 aromatic rings. The van der Waals surface area contributed by atoms with Gasteiger partial charge in [-0.05, 0) is 24.5 Å². The summed E-state index contributed by atoms with van der Waals surface area (Å²) in [4.78, 5) is 22.6. The molecule has 110 valence electrons. The fraction of sp³-hybridized carbons (Fsp3) is 0.385. The maximum Gasteiger partial charge on any atom is 0.326 e. The molecule has 2 amide bonds. The van der Waals surface area contributed by atoms with Gasteiger partial charge >= 0.3 is 12.0 Å². The van der Waals surface area contributed by atoms with Crippen molar-refractivity contribution in [2.45, 2.75) is 26.3 Å². The van der Waals surface area contributed by atoms with E-state index in [1.165, 1.54) is 0 Å². The number of rotatable bonds is 5. The molecule has 0 aromatic heterocycles. The van der Waals surface area contributed by atoms with Gasteiger partial charge in [-0.2, -0.15) is 0 Å². The zero-order valence-corrected chi connectivity index (χ0v) is 11.1. The minimum absolute atomic E-state index is 0.0577. The summed E-state index contributed by atoms with van der Waals surface area (Å²) < 4.78 is 26.2. The van der Waals surface area contributed by atoms with E-state index in [4.69, 9.17) is 5.11 Å². The Balaban J connectivity index is 2.70. The summed E-state index contributed by atoms with van der Waals surface area (Å²) in [5.41, 5.74) is -0.351. The molecule has 0 aliphatic rings. The zero-order valence-electron chi connectivity index (χ0n) is 11.1. The van der Waals surface area contributed by atoms with Gasteiger partial charge in [0.05, 0.1) is 5.69 Å². The number of anilines is 1. The maximum atomic E-state index is 13.3. The molecule has 1 atom stereocenters. The number of carboxylic acids is 1. The van der Waals surface area contributed by atoms with Crippen molar-refractivity contribution < 1.29 is 23.5 Å². The molecular weight excluding hydrogens is 270 g/mol. The predicted molar refractivity (Wildman–Crippen MR) is 69.4 cm³/mol. The average molecular weight is 286 g/mol. The van der Waals surface area contributed by atoms with Crippen LogP contribution in [0.5, 0.6) is 0 Å². The number of halogens is 2. The summed E-state index contributed by atoms with van der Waals surface area (Å²) in [6.07, 6.45) is 0.231. The smallest absolute Gasteiger partial charge is 0.326 e. The van der Waals surface area contributed by atoms with Crippen LogP contribution >= 0.6 is 0 Å². The minimum atomic E-state index is -1.19. The highest BCUT2D eigenvalue weighted by atomic mass is 19.1. The van der Waals surface area contributed by atoms with E-state index in [1.807, 2.05) is 13.8 Å². The molecule has 0 aliphatic heterocycles. The molecule has 7 heteroatoms. The van der Waals surface area contributed by atoms with Crippen molar-refractivity contribution in [2.24, 2.45) is 5.92 Å². The number of hydrogen-bond acceptors (Lipinski definition) is 2. The van der Waals surface area contributed by atoms with E-state index >= 15 is 0 Å². The Morgan fingerprint density at radius 3 is 2.50 bits per heavy atom. The van der Waals surface area contributed by atoms with Crippen LogP contribution in [0.15, 0.2) is 18.2 Å². The highest BCUT2D eigenvalue weighted by molar-refractivity contribution is 5.92. The van der Waals surface area contributed by atoms with E-state index in [-0.39, 0.29) is 18.0 Å². The molecule has 0 aliphatic carbocycles. The number of carbonyl (C=O) groups excluding carboxylic acids is 1. The number of carboxylic acid groups (broad SMARTS) is 1. The van der Waals surface area contributed by atoms with Crippen molar-refractivity contribution in [2.75, 3.05) is 5.32 Å². The fourth-order valence-electron chi connectivity index (χ4n) is 1.60. The number of nitrogens with one attached hydrogen (secondary N) is 2. The van der Waals surface area contributed by atoms with Crippen molar-refractivity contribution in [1.82, 2.24) is 5.32 Å². The molecule has 1 unspecified atom stereocenters. The van der Waals surface area contributed by atoms with Gasteiger partial charge in [-0.1, -0.05) is 13.8 Å². The Morgan fingerprint density at radius 1 is 1.30 bits per heavy atom. The van der Waals surface area contributed by atoms with E-state index in [0.29, 0.717) is 0 Å². The van der Waals surface area contributed by atoms with Crippen molar-refractivity contribution in [3.63, 3.8) is 0 Å². The zero-order chi connectivity index (χ0) is 15.3. The fourth-order valence-corrected chi connectivity index (χ4v) is 1.60. The topological polar surface area (TPSA) is 78.4 Å². The molecule has 0 bridgehead atoms. The van der Waals surface area contributed by atoms with E-state index in [1.54, 1.807) is 0 Å². The molecular formula is C13H16F2N2O3. The molecule has 0 spiro atoms. The molecule has 1 aromatic carbocycles. The van der Waals surface area contributed by atoms with Crippen LogP contribution in [0, 0.1) is 17.6 Å². The normalized spacial score (nSPS) is 12.1. The van der Waals surface area contributed by atoms with Gasteiger partial charge in [0.15, 0.2) is 0 Å². The van der Waals surface area contributed by atoms with E-state index in [0.717, 1.165) is 18.2 Å². The SMILES string of the molecule is CC(C)CC(NC(=O)Nc1cc(F)ccc1F)C(=O)O. The predicted octanol–water partition coefficient (Wildman–Crippen LogP) is 2.59. The van der Waals surface area contributed by atoms with Crippen LogP contribution in [-0.2, 0) is 4.79 Å².